The van der Waals surface area contributed by atoms with Crippen LogP contribution in [-0.2, 0) is 6.42 Å². The van der Waals surface area contributed by atoms with E-state index in [1.807, 2.05) is 13.0 Å². The van der Waals surface area contributed by atoms with Crippen LogP contribution in [0.25, 0.3) is 11.1 Å². The van der Waals surface area contributed by atoms with Gasteiger partial charge in [0.25, 0.3) is 0 Å². The van der Waals surface area contributed by atoms with Crippen molar-refractivity contribution in [3.05, 3.63) is 23.3 Å². The highest BCUT2D eigenvalue weighted by molar-refractivity contribution is 6.08. The summed E-state index contributed by atoms with van der Waals surface area (Å²) in [5.74, 6) is 2.87. The van der Waals surface area contributed by atoms with Gasteiger partial charge in [-0.2, -0.15) is 0 Å². The van der Waals surface area contributed by atoms with Crippen LogP contribution in [0.15, 0.2) is 12.1 Å². The maximum absolute atomic E-state index is 13.5. The first-order valence-electron chi connectivity index (χ1n) is 9.83. The standard InChI is InChI=1S/C23H26O7/c1-11-7-13-8-15(25-3)20(26-4)22(27-5)17(13)18-14(19(24)12(11)2)9-16-21(23(18)28-6)30-10-29-16/h8-9,11-12H,7,10H2,1-6H3/t11-,12-/m0/s1. The fourth-order valence-corrected chi connectivity index (χ4v) is 4.32. The van der Waals surface area contributed by atoms with Gasteiger partial charge in [0.2, 0.25) is 18.3 Å². The molecule has 0 bridgehead atoms. The lowest BCUT2D eigenvalue weighted by atomic mass is 9.77. The molecule has 2 aromatic rings. The van der Waals surface area contributed by atoms with Gasteiger partial charge in [0.15, 0.2) is 28.8 Å². The second-order valence-electron chi connectivity index (χ2n) is 7.58. The summed E-state index contributed by atoms with van der Waals surface area (Å²) >= 11 is 0. The zero-order chi connectivity index (χ0) is 21.6. The molecule has 4 rings (SSSR count). The van der Waals surface area contributed by atoms with Gasteiger partial charge in [-0.1, -0.05) is 13.8 Å². The van der Waals surface area contributed by atoms with Gasteiger partial charge in [0.05, 0.1) is 28.4 Å². The minimum absolute atomic E-state index is 0.0246. The number of ketones is 1. The predicted octanol–water partition coefficient (Wildman–Crippen LogP) is 4.13. The SMILES string of the molecule is COc1cc2c(c(OC)c1OC)-c1c(cc3c(c1OC)OCO3)C(=O)[C@@H](C)[C@@H](C)C2. The van der Waals surface area contributed by atoms with Gasteiger partial charge < -0.3 is 28.4 Å². The van der Waals surface area contributed by atoms with Crippen LogP contribution in [0.1, 0.15) is 29.8 Å². The van der Waals surface area contributed by atoms with Crippen LogP contribution in [0.4, 0.5) is 0 Å². The van der Waals surface area contributed by atoms with Crippen LogP contribution in [-0.4, -0.2) is 41.0 Å². The minimum Gasteiger partial charge on any atom is -0.493 e. The van der Waals surface area contributed by atoms with Crippen molar-refractivity contribution in [3.63, 3.8) is 0 Å². The third-order valence-electron chi connectivity index (χ3n) is 6.06. The van der Waals surface area contributed by atoms with Crippen molar-refractivity contribution in [2.45, 2.75) is 20.3 Å². The number of fused-ring (bicyclic) bond motifs is 4. The Labute approximate surface area is 175 Å². The minimum atomic E-state index is -0.193. The molecule has 0 saturated heterocycles. The van der Waals surface area contributed by atoms with E-state index in [2.05, 4.69) is 6.92 Å². The average molecular weight is 414 g/mol. The average Bonchev–Trinajstić information content (AvgIpc) is 3.23. The zero-order valence-corrected chi connectivity index (χ0v) is 18.1. The molecule has 2 aromatic carbocycles. The normalized spacial score (nSPS) is 19.3. The Morgan fingerprint density at radius 2 is 1.57 bits per heavy atom. The molecule has 0 saturated carbocycles. The molecule has 0 aromatic heterocycles. The maximum atomic E-state index is 13.5. The Kier molecular flexibility index (Phi) is 5.13. The first-order chi connectivity index (χ1) is 14.5. The Hall–Kier alpha value is -3.09. The van der Waals surface area contributed by atoms with Gasteiger partial charge >= 0.3 is 0 Å². The molecule has 0 fully saturated rings. The van der Waals surface area contributed by atoms with Gasteiger partial charge in [0, 0.05) is 22.6 Å². The van der Waals surface area contributed by atoms with Crippen molar-refractivity contribution in [1.29, 1.82) is 0 Å². The largest absolute Gasteiger partial charge is 0.493 e. The van der Waals surface area contributed by atoms with E-state index in [1.165, 1.54) is 0 Å². The third-order valence-corrected chi connectivity index (χ3v) is 6.06. The summed E-state index contributed by atoms with van der Waals surface area (Å²) in [6.07, 6.45) is 0.663. The van der Waals surface area contributed by atoms with Gasteiger partial charge in [-0.05, 0) is 30.0 Å². The number of ether oxygens (including phenoxy) is 6. The fraction of sp³-hybridized carbons (Fsp3) is 0.435. The number of rotatable bonds is 4. The molecule has 2 aliphatic rings. The third kappa shape index (κ3) is 2.83. The number of Topliss-reactive ketones (excluding diaryl/α,β-unsaturated/α-hetero) is 1. The summed E-state index contributed by atoms with van der Waals surface area (Å²) in [5, 5.41) is 0. The van der Waals surface area contributed by atoms with E-state index in [-0.39, 0.29) is 24.4 Å². The number of benzene rings is 2. The molecule has 0 radical (unpaired) electrons. The molecule has 0 N–H and O–H groups in total. The fourth-order valence-electron chi connectivity index (χ4n) is 4.32. The highest BCUT2D eigenvalue weighted by Crippen LogP contribution is 2.56. The highest BCUT2D eigenvalue weighted by atomic mass is 16.7. The Morgan fingerprint density at radius 1 is 0.867 bits per heavy atom. The molecule has 1 aliphatic carbocycles. The molecular weight excluding hydrogens is 388 g/mol. The topological polar surface area (TPSA) is 72.5 Å². The van der Waals surface area contributed by atoms with Crippen molar-refractivity contribution < 1.29 is 33.2 Å². The lowest BCUT2D eigenvalue weighted by Crippen LogP contribution is -2.24. The number of carbonyl (C=O) groups excluding carboxylic acids is 1. The van der Waals surface area contributed by atoms with Crippen molar-refractivity contribution in [2.75, 3.05) is 35.2 Å². The molecule has 160 valence electrons. The quantitative estimate of drug-likeness (QED) is 0.745. The van der Waals surface area contributed by atoms with Crippen LogP contribution in [0.2, 0.25) is 0 Å². The summed E-state index contributed by atoms with van der Waals surface area (Å²) in [6.45, 7) is 4.10. The lowest BCUT2D eigenvalue weighted by molar-refractivity contribution is 0.0892. The van der Waals surface area contributed by atoms with Crippen molar-refractivity contribution >= 4 is 5.78 Å². The van der Waals surface area contributed by atoms with Crippen molar-refractivity contribution in [3.8, 4) is 45.6 Å². The molecule has 0 unspecified atom stereocenters. The predicted molar refractivity (Wildman–Crippen MR) is 111 cm³/mol. The summed E-state index contributed by atoms with van der Waals surface area (Å²) in [5.41, 5.74) is 2.86. The van der Waals surface area contributed by atoms with E-state index >= 15 is 0 Å². The smallest absolute Gasteiger partial charge is 0.231 e. The molecule has 7 heteroatoms. The van der Waals surface area contributed by atoms with E-state index in [0.29, 0.717) is 52.0 Å². The molecule has 2 atom stereocenters. The second-order valence-corrected chi connectivity index (χ2v) is 7.58. The Bertz CT molecular complexity index is 1010. The first kappa shape index (κ1) is 20.2. The van der Waals surface area contributed by atoms with E-state index in [0.717, 1.165) is 11.1 Å². The summed E-state index contributed by atoms with van der Waals surface area (Å²) in [4.78, 5) is 13.5. The van der Waals surface area contributed by atoms with E-state index < -0.39 is 0 Å². The molecule has 0 spiro atoms. The van der Waals surface area contributed by atoms with E-state index in [9.17, 15) is 4.79 Å². The molecule has 1 heterocycles. The van der Waals surface area contributed by atoms with Gasteiger partial charge in [-0.25, -0.2) is 0 Å². The zero-order valence-electron chi connectivity index (χ0n) is 18.1. The number of hydrogen-bond donors (Lipinski definition) is 0. The number of hydrogen-bond acceptors (Lipinski definition) is 7. The number of methoxy groups -OCH3 is 4. The van der Waals surface area contributed by atoms with Crippen molar-refractivity contribution in [2.24, 2.45) is 11.8 Å². The lowest BCUT2D eigenvalue weighted by Gasteiger charge is -2.29. The number of carbonyl (C=O) groups is 1. The van der Waals surface area contributed by atoms with E-state index in [1.54, 1.807) is 34.5 Å². The van der Waals surface area contributed by atoms with Crippen LogP contribution < -0.4 is 28.4 Å². The molecule has 0 amide bonds. The molecule has 7 nitrogen and oxygen atoms in total. The first-order valence-corrected chi connectivity index (χ1v) is 9.83. The van der Waals surface area contributed by atoms with Crippen molar-refractivity contribution in [1.82, 2.24) is 0 Å². The molecule has 1 aliphatic heterocycles. The second kappa shape index (κ2) is 7.63. The highest BCUT2D eigenvalue weighted by Gasteiger charge is 2.37. The summed E-state index contributed by atoms with van der Waals surface area (Å²) < 4.78 is 34.0. The van der Waals surface area contributed by atoms with Gasteiger partial charge in [0.1, 0.15) is 0 Å². The summed E-state index contributed by atoms with van der Waals surface area (Å²) in [7, 11) is 6.28. The van der Waals surface area contributed by atoms with Gasteiger partial charge in [-0.3, -0.25) is 4.79 Å². The Morgan fingerprint density at radius 3 is 2.20 bits per heavy atom. The van der Waals surface area contributed by atoms with Crippen LogP contribution in [0, 0.1) is 11.8 Å². The van der Waals surface area contributed by atoms with Crippen LogP contribution in [0.3, 0.4) is 0 Å². The monoisotopic (exact) mass is 414 g/mol. The summed E-state index contributed by atoms with van der Waals surface area (Å²) in [6, 6.07) is 3.69. The Balaban J connectivity index is 2.17. The van der Waals surface area contributed by atoms with Crippen LogP contribution >= 0.6 is 0 Å². The molecular formula is C23H26O7. The van der Waals surface area contributed by atoms with Gasteiger partial charge in [-0.15, -0.1) is 0 Å². The molecule has 30 heavy (non-hydrogen) atoms. The van der Waals surface area contributed by atoms with Crippen LogP contribution in [0.5, 0.6) is 34.5 Å². The van der Waals surface area contributed by atoms with E-state index in [4.69, 9.17) is 28.4 Å². The maximum Gasteiger partial charge on any atom is 0.231 e.